The lowest BCUT2D eigenvalue weighted by Gasteiger charge is -2.40. The number of ether oxygens (including phenoxy) is 2. The minimum absolute atomic E-state index is 0.0967. The predicted octanol–water partition coefficient (Wildman–Crippen LogP) is 3.64. The summed E-state index contributed by atoms with van der Waals surface area (Å²) < 4.78 is 11.0. The van der Waals surface area contributed by atoms with Crippen LogP contribution in [0.25, 0.3) is 11.1 Å². The normalized spacial score (nSPS) is 20.9. The quantitative estimate of drug-likeness (QED) is 0.627. The third kappa shape index (κ3) is 4.89. The first kappa shape index (κ1) is 24.7. The standard InChI is InChI=1S/C27H32N2O6/c1-16-18(26(31)32)13-8-14-29(16)25(30)24(17(2)34-3)28-27(33)35-15-23-21-11-6-4-9-19(21)20-10-5-7-12-22(20)23/h4-7,9-12,16-18,23-24H,8,13-15H2,1-3H3,(H,28,33)(H,31,32). The van der Waals surface area contributed by atoms with Crippen molar-refractivity contribution >= 4 is 18.0 Å². The van der Waals surface area contributed by atoms with Gasteiger partial charge in [0.15, 0.2) is 0 Å². The Morgan fingerprint density at radius 1 is 1.09 bits per heavy atom. The van der Waals surface area contributed by atoms with Crippen molar-refractivity contribution in [3.8, 4) is 11.1 Å². The van der Waals surface area contributed by atoms with Crippen LogP contribution in [0.15, 0.2) is 48.5 Å². The summed E-state index contributed by atoms with van der Waals surface area (Å²) in [7, 11) is 1.46. The third-order valence-corrected chi connectivity index (χ3v) is 7.31. The molecular formula is C27H32N2O6. The van der Waals surface area contributed by atoms with E-state index in [1.165, 1.54) is 12.0 Å². The van der Waals surface area contributed by atoms with Gasteiger partial charge in [0, 0.05) is 25.6 Å². The van der Waals surface area contributed by atoms with Gasteiger partial charge in [0.05, 0.1) is 12.0 Å². The second-order valence-electron chi connectivity index (χ2n) is 9.25. The SMILES string of the molecule is COC(C)C(NC(=O)OCC1c2ccccc2-c2ccccc21)C(=O)N1CCCC(C(=O)O)C1C. The molecule has 4 rings (SSSR count). The molecule has 8 heteroatoms. The lowest BCUT2D eigenvalue weighted by molar-refractivity contribution is -0.150. The highest BCUT2D eigenvalue weighted by molar-refractivity contribution is 5.87. The van der Waals surface area contributed by atoms with Crippen molar-refractivity contribution in [2.75, 3.05) is 20.3 Å². The summed E-state index contributed by atoms with van der Waals surface area (Å²) in [5.74, 6) is -2.02. The maximum atomic E-state index is 13.4. The number of nitrogens with one attached hydrogen (secondary N) is 1. The number of methoxy groups -OCH3 is 1. The van der Waals surface area contributed by atoms with Gasteiger partial charge >= 0.3 is 12.1 Å². The Morgan fingerprint density at radius 2 is 1.69 bits per heavy atom. The maximum Gasteiger partial charge on any atom is 0.407 e. The minimum atomic E-state index is -0.995. The first-order valence-electron chi connectivity index (χ1n) is 12.0. The number of carbonyl (C=O) groups excluding carboxylic acids is 2. The average Bonchev–Trinajstić information content (AvgIpc) is 3.19. The molecule has 0 spiro atoms. The number of hydrogen-bond donors (Lipinski definition) is 2. The Kier molecular flexibility index (Phi) is 7.40. The van der Waals surface area contributed by atoms with E-state index in [1.54, 1.807) is 13.8 Å². The molecule has 0 aromatic heterocycles. The summed E-state index contributed by atoms with van der Waals surface area (Å²) in [6.45, 7) is 3.99. The second kappa shape index (κ2) is 10.5. The number of carboxylic acid groups (broad SMARTS) is 1. The Hall–Kier alpha value is -3.39. The van der Waals surface area contributed by atoms with Gasteiger partial charge in [-0.25, -0.2) is 4.79 Å². The molecular weight excluding hydrogens is 448 g/mol. The van der Waals surface area contributed by atoms with E-state index < -0.39 is 36.2 Å². The summed E-state index contributed by atoms with van der Waals surface area (Å²) in [4.78, 5) is 39.4. The molecule has 0 saturated carbocycles. The van der Waals surface area contributed by atoms with Gasteiger partial charge in [0.1, 0.15) is 12.6 Å². The van der Waals surface area contributed by atoms with Crippen LogP contribution in [-0.4, -0.2) is 66.4 Å². The van der Waals surface area contributed by atoms with Gasteiger partial charge in [-0.3, -0.25) is 9.59 Å². The average molecular weight is 481 g/mol. The summed E-state index contributed by atoms with van der Waals surface area (Å²) in [6, 6.07) is 14.6. The maximum absolute atomic E-state index is 13.4. The number of nitrogens with zero attached hydrogens (tertiary/aromatic N) is 1. The first-order chi connectivity index (χ1) is 16.8. The van der Waals surface area contributed by atoms with E-state index in [-0.39, 0.29) is 18.4 Å². The Bertz CT molecular complexity index is 1060. The van der Waals surface area contributed by atoms with Gasteiger partial charge in [0.25, 0.3) is 0 Å². The van der Waals surface area contributed by atoms with Crippen LogP contribution in [0, 0.1) is 5.92 Å². The molecule has 0 radical (unpaired) electrons. The number of carboxylic acids is 1. The molecule has 1 fully saturated rings. The highest BCUT2D eigenvalue weighted by atomic mass is 16.5. The number of likely N-dealkylation sites (tertiary alicyclic amines) is 1. The zero-order valence-electron chi connectivity index (χ0n) is 20.3. The lowest BCUT2D eigenvalue weighted by Crippen LogP contribution is -2.59. The first-order valence-corrected chi connectivity index (χ1v) is 12.0. The topological polar surface area (TPSA) is 105 Å². The van der Waals surface area contributed by atoms with Gasteiger partial charge in [-0.1, -0.05) is 48.5 Å². The third-order valence-electron chi connectivity index (χ3n) is 7.31. The molecule has 0 bridgehead atoms. The highest BCUT2D eigenvalue weighted by Gasteiger charge is 2.40. The zero-order chi connectivity index (χ0) is 25.1. The fourth-order valence-corrected chi connectivity index (χ4v) is 5.25. The van der Waals surface area contributed by atoms with Crippen molar-refractivity contribution in [2.24, 2.45) is 5.92 Å². The molecule has 2 aliphatic rings. The van der Waals surface area contributed by atoms with E-state index in [9.17, 15) is 19.5 Å². The van der Waals surface area contributed by atoms with E-state index in [4.69, 9.17) is 9.47 Å². The summed E-state index contributed by atoms with van der Waals surface area (Å²) >= 11 is 0. The molecule has 2 aromatic rings. The molecule has 8 nitrogen and oxygen atoms in total. The van der Waals surface area contributed by atoms with Crippen molar-refractivity contribution in [3.05, 3.63) is 59.7 Å². The monoisotopic (exact) mass is 480 g/mol. The summed E-state index contributed by atoms with van der Waals surface area (Å²) in [6.07, 6.45) is -0.231. The summed E-state index contributed by atoms with van der Waals surface area (Å²) in [5, 5.41) is 12.2. The number of piperidine rings is 1. The van der Waals surface area contributed by atoms with Crippen LogP contribution in [0.5, 0.6) is 0 Å². The van der Waals surface area contributed by atoms with Gasteiger partial charge in [0.2, 0.25) is 5.91 Å². The van der Waals surface area contributed by atoms with E-state index in [0.717, 1.165) is 22.3 Å². The van der Waals surface area contributed by atoms with Gasteiger partial charge < -0.3 is 24.8 Å². The number of alkyl carbamates (subject to hydrolysis) is 1. The lowest BCUT2D eigenvalue weighted by atomic mass is 9.89. The number of benzene rings is 2. The molecule has 4 atom stereocenters. The van der Waals surface area contributed by atoms with Gasteiger partial charge in [-0.2, -0.15) is 0 Å². The van der Waals surface area contributed by atoms with Gasteiger partial charge in [-0.05, 0) is 48.9 Å². The number of hydrogen-bond acceptors (Lipinski definition) is 5. The minimum Gasteiger partial charge on any atom is -0.481 e. The molecule has 1 aliphatic heterocycles. The van der Waals surface area contributed by atoms with E-state index >= 15 is 0 Å². The van der Waals surface area contributed by atoms with Crippen molar-refractivity contribution < 1.29 is 29.0 Å². The predicted molar refractivity (Wildman–Crippen MR) is 130 cm³/mol. The van der Waals surface area contributed by atoms with Crippen LogP contribution in [0.3, 0.4) is 0 Å². The van der Waals surface area contributed by atoms with Crippen molar-refractivity contribution in [3.63, 3.8) is 0 Å². The van der Waals surface area contributed by atoms with Crippen LogP contribution < -0.4 is 5.32 Å². The molecule has 2 N–H and O–H groups in total. The smallest absolute Gasteiger partial charge is 0.407 e. The molecule has 1 saturated heterocycles. The number of aliphatic carboxylic acids is 1. The zero-order valence-corrected chi connectivity index (χ0v) is 20.3. The van der Waals surface area contributed by atoms with Crippen molar-refractivity contribution in [1.82, 2.24) is 10.2 Å². The number of carbonyl (C=O) groups is 3. The summed E-state index contributed by atoms with van der Waals surface area (Å²) in [5.41, 5.74) is 4.46. The Morgan fingerprint density at radius 3 is 2.26 bits per heavy atom. The molecule has 1 aliphatic carbocycles. The van der Waals surface area contributed by atoms with E-state index in [0.29, 0.717) is 19.4 Å². The Labute approximate surface area is 205 Å². The van der Waals surface area contributed by atoms with E-state index in [2.05, 4.69) is 17.4 Å². The van der Waals surface area contributed by atoms with Crippen LogP contribution in [0.4, 0.5) is 4.79 Å². The second-order valence-corrected chi connectivity index (χ2v) is 9.25. The van der Waals surface area contributed by atoms with Crippen LogP contribution in [0.1, 0.15) is 43.7 Å². The van der Waals surface area contributed by atoms with Crippen molar-refractivity contribution in [2.45, 2.75) is 50.8 Å². The molecule has 186 valence electrons. The molecule has 1 heterocycles. The number of amides is 2. The molecule has 2 amide bonds. The fraction of sp³-hybridized carbons (Fsp3) is 0.444. The fourth-order valence-electron chi connectivity index (χ4n) is 5.25. The van der Waals surface area contributed by atoms with Crippen LogP contribution in [0.2, 0.25) is 0 Å². The number of fused-ring (bicyclic) bond motifs is 3. The van der Waals surface area contributed by atoms with Gasteiger partial charge in [-0.15, -0.1) is 0 Å². The largest absolute Gasteiger partial charge is 0.481 e. The van der Waals surface area contributed by atoms with Crippen LogP contribution >= 0.6 is 0 Å². The van der Waals surface area contributed by atoms with Crippen molar-refractivity contribution in [1.29, 1.82) is 0 Å². The molecule has 2 aromatic carbocycles. The van der Waals surface area contributed by atoms with E-state index in [1.807, 2.05) is 36.4 Å². The molecule has 35 heavy (non-hydrogen) atoms. The molecule has 4 unspecified atom stereocenters. The van der Waals surface area contributed by atoms with Crippen LogP contribution in [-0.2, 0) is 19.1 Å². The Balaban J connectivity index is 1.45. The number of rotatable bonds is 7. The highest BCUT2D eigenvalue weighted by Crippen LogP contribution is 2.44.